The van der Waals surface area contributed by atoms with Gasteiger partial charge in [-0.05, 0) is 36.5 Å². The van der Waals surface area contributed by atoms with Crippen LogP contribution in [0.15, 0.2) is 18.2 Å². The molecule has 1 atom stereocenters. The molecule has 0 aliphatic heterocycles. The molecule has 1 fully saturated rings. The van der Waals surface area contributed by atoms with Crippen LogP contribution in [0.3, 0.4) is 0 Å². The van der Waals surface area contributed by atoms with Crippen molar-refractivity contribution in [2.45, 2.75) is 44.6 Å². The van der Waals surface area contributed by atoms with Crippen molar-refractivity contribution in [3.05, 3.63) is 33.8 Å². The van der Waals surface area contributed by atoms with Gasteiger partial charge in [0, 0.05) is 6.04 Å². The zero-order valence-electron chi connectivity index (χ0n) is 10.5. The quantitative estimate of drug-likeness (QED) is 0.635. The lowest BCUT2D eigenvalue weighted by Crippen LogP contribution is -2.38. The van der Waals surface area contributed by atoms with Crippen LogP contribution in [0, 0.1) is 5.92 Å². The summed E-state index contributed by atoms with van der Waals surface area (Å²) in [7, 11) is 0. The van der Waals surface area contributed by atoms with Gasteiger partial charge in [-0.2, -0.15) is 0 Å². The van der Waals surface area contributed by atoms with Crippen LogP contribution < -0.4 is 11.3 Å². The monoisotopic (exact) mass is 286 g/mol. The first-order valence-corrected chi connectivity index (χ1v) is 7.34. The van der Waals surface area contributed by atoms with Crippen molar-refractivity contribution in [2.24, 2.45) is 11.8 Å². The van der Waals surface area contributed by atoms with Gasteiger partial charge in [0.2, 0.25) is 0 Å². The van der Waals surface area contributed by atoms with E-state index in [1.165, 1.54) is 31.2 Å². The zero-order chi connectivity index (χ0) is 13.0. The molecule has 4 heteroatoms. The Morgan fingerprint density at radius 2 is 1.94 bits per heavy atom. The smallest absolute Gasteiger partial charge is 0.0595 e. The van der Waals surface area contributed by atoms with E-state index in [-0.39, 0.29) is 0 Å². The zero-order valence-corrected chi connectivity index (χ0v) is 12.0. The van der Waals surface area contributed by atoms with Gasteiger partial charge in [0.05, 0.1) is 10.0 Å². The number of nitrogens with one attached hydrogen (secondary N) is 1. The van der Waals surface area contributed by atoms with Gasteiger partial charge in [0.15, 0.2) is 0 Å². The Labute approximate surface area is 119 Å². The predicted octanol–water partition coefficient (Wildman–Crippen LogP) is 3.95. The molecule has 100 valence electrons. The van der Waals surface area contributed by atoms with E-state index in [9.17, 15) is 0 Å². The number of rotatable bonds is 5. The van der Waals surface area contributed by atoms with Gasteiger partial charge in [-0.25, -0.2) is 0 Å². The molecule has 0 bridgehead atoms. The van der Waals surface area contributed by atoms with Crippen LogP contribution in [0.1, 0.15) is 37.7 Å². The molecule has 2 rings (SSSR count). The summed E-state index contributed by atoms with van der Waals surface area (Å²) in [6.45, 7) is 0. The SMILES string of the molecule is NNC(Cc1ccc(Cl)c(Cl)c1)CC1CCCC1. The molecular formula is C14H20Cl2N2. The molecule has 1 saturated carbocycles. The van der Waals surface area contributed by atoms with Crippen LogP contribution in [0.5, 0.6) is 0 Å². The van der Waals surface area contributed by atoms with E-state index in [2.05, 4.69) is 5.43 Å². The van der Waals surface area contributed by atoms with Crippen LogP contribution in [0.4, 0.5) is 0 Å². The molecule has 0 radical (unpaired) electrons. The summed E-state index contributed by atoms with van der Waals surface area (Å²) in [5.41, 5.74) is 4.12. The second kappa shape index (κ2) is 6.76. The molecule has 3 N–H and O–H groups in total. The van der Waals surface area contributed by atoms with Gasteiger partial charge in [0.25, 0.3) is 0 Å². The molecule has 0 saturated heterocycles. The maximum Gasteiger partial charge on any atom is 0.0595 e. The Balaban J connectivity index is 1.94. The van der Waals surface area contributed by atoms with Crippen LogP contribution in [0.25, 0.3) is 0 Å². The number of hydrazine groups is 1. The Morgan fingerprint density at radius 1 is 1.22 bits per heavy atom. The highest BCUT2D eigenvalue weighted by Gasteiger charge is 2.19. The van der Waals surface area contributed by atoms with Gasteiger partial charge < -0.3 is 0 Å². The summed E-state index contributed by atoms with van der Waals surface area (Å²) in [4.78, 5) is 0. The first-order chi connectivity index (χ1) is 8.69. The average Bonchev–Trinajstić information content (AvgIpc) is 2.86. The molecule has 1 unspecified atom stereocenters. The summed E-state index contributed by atoms with van der Waals surface area (Å²) in [6.07, 6.45) is 7.49. The fourth-order valence-corrected chi connectivity index (χ4v) is 3.13. The van der Waals surface area contributed by atoms with Crippen LogP contribution in [0.2, 0.25) is 10.0 Å². The normalized spacial score (nSPS) is 18.2. The van der Waals surface area contributed by atoms with Gasteiger partial charge >= 0.3 is 0 Å². The minimum absolute atomic E-state index is 0.324. The lowest BCUT2D eigenvalue weighted by atomic mass is 9.94. The van der Waals surface area contributed by atoms with E-state index >= 15 is 0 Å². The number of nitrogens with two attached hydrogens (primary N) is 1. The van der Waals surface area contributed by atoms with Crippen molar-refractivity contribution in [3.63, 3.8) is 0 Å². The first kappa shape index (κ1) is 14.1. The molecule has 1 aromatic rings. The largest absolute Gasteiger partial charge is 0.271 e. The second-order valence-corrected chi connectivity index (χ2v) is 6.02. The summed E-state index contributed by atoms with van der Waals surface area (Å²) in [5.74, 6) is 6.49. The predicted molar refractivity (Wildman–Crippen MR) is 77.9 cm³/mol. The maximum absolute atomic E-state index is 6.03. The second-order valence-electron chi connectivity index (χ2n) is 5.20. The van der Waals surface area contributed by atoms with Crippen molar-refractivity contribution >= 4 is 23.2 Å². The Hall–Kier alpha value is -0.280. The lowest BCUT2D eigenvalue weighted by Gasteiger charge is -2.20. The number of hydrogen-bond donors (Lipinski definition) is 2. The molecule has 0 heterocycles. The fourth-order valence-electron chi connectivity index (χ4n) is 2.81. The van der Waals surface area contributed by atoms with E-state index in [1.54, 1.807) is 0 Å². The van der Waals surface area contributed by atoms with Crippen molar-refractivity contribution in [3.8, 4) is 0 Å². The van der Waals surface area contributed by atoms with Gasteiger partial charge in [-0.15, -0.1) is 0 Å². The third-order valence-corrected chi connectivity index (χ3v) is 4.53. The Bertz CT molecular complexity index is 389. The molecular weight excluding hydrogens is 267 g/mol. The van der Waals surface area contributed by atoms with Crippen LogP contribution in [-0.4, -0.2) is 6.04 Å². The van der Waals surface area contributed by atoms with Crippen LogP contribution in [-0.2, 0) is 6.42 Å². The summed E-state index contributed by atoms with van der Waals surface area (Å²) in [5, 5.41) is 1.22. The first-order valence-electron chi connectivity index (χ1n) is 6.59. The summed E-state index contributed by atoms with van der Waals surface area (Å²) >= 11 is 11.9. The van der Waals surface area contributed by atoms with E-state index in [4.69, 9.17) is 29.0 Å². The summed E-state index contributed by atoms with van der Waals surface area (Å²) < 4.78 is 0. The van der Waals surface area contributed by atoms with E-state index in [1.807, 2.05) is 18.2 Å². The topological polar surface area (TPSA) is 38.0 Å². The molecule has 1 aliphatic rings. The van der Waals surface area contributed by atoms with Crippen molar-refractivity contribution in [1.82, 2.24) is 5.43 Å². The minimum atomic E-state index is 0.324. The molecule has 0 amide bonds. The highest BCUT2D eigenvalue weighted by Crippen LogP contribution is 2.29. The third kappa shape index (κ3) is 3.86. The molecule has 0 aromatic heterocycles. The van der Waals surface area contributed by atoms with Gasteiger partial charge in [-0.3, -0.25) is 11.3 Å². The fraction of sp³-hybridized carbons (Fsp3) is 0.571. The van der Waals surface area contributed by atoms with Crippen LogP contribution >= 0.6 is 23.2 Å². The summed E-state index contributed by atoms with van der Waals surface area (Å²) in [6, 6.07) is 6.13. The Kier molecular flexibility index (Phi) is 5.31. The van der Waals surface area contributed by atoms with Crippen molar-refractivity contribution in [1.29, 1.82) is 0 Å². The van der Waals surface area contributed by atoms with Gasteiger partial charge in [0.1, 0.15) is 0 Å². The number of hydrogen-bond acceptors (Lipinski definition) is 2. The van der Waals surface area contributed by atoms with Crippen molar-refractivity contribution in [2.75, 3.05) is 0 Å². The molecule has 1 aliphatic carbocycles. The molecule has 1 aromatic carbocycles. The van der Waals surface area contributed by atoms with E-state index in [0.717, 1.165) is 18.8 Å². The highest BCUT2D eigenvalue weighted by atomic mass is 35.5. The number of benzene rings is 1. The lowest BCUT2D eigenvalue weighted by molar-refractivity contribution is 0.389. The Morgan fingerprint density at radius 3 is 2.56 bits per heavy atom. The molecule has 0 spiro atoms. The average molecular weight is 287 g/mol. The molecule has 18 heavy (non-hydrogen) atoms. The van der Waals surface area contributed by atoms with Gasteiger partial charge in [-0.1, -0.05) is 55.0 Å². The van der Waals surface area contributed by atoms with E-state index < -0.39 is 0 Å². The van der Waals surface area contributed by atoms with E-state index in [0.29, 0.717) is 16.1 Å². The van der Waals surface area contributed by atoms with Crippen molar-refractivity contribution < 1.29 is 0 Å². The number of halogens is 2. The maximum atomic E-state index is 6.03. The standard InChI is InChI=1S/C14H20Cl2N2/c15-13-6-5-11(9-14(13)16)8-12(18-17)7-10-3-1-2-4-10/h5-6,9-10,12,18H,1-4,7-8,17H2. The highest BCUT2D eigenvalue weighted by molar-refractivity contribution is 6.42. The molecule has 2 nitrogen and oxygen atoms in total. The third-order valence-electron chi connectivity index (χ3n) is 3.79. The minimum Gasteiger partial charge on any atom is -0.271 e.